The third-order valence-electron chi connectivity index (χ3n) is 4.31. The molecular weight excluding hydrogens is 422 g/mol. The van der Waals surface area contributed by atoms with Gasteiger partial charge in [-0.2, -0.15) is 5.10 Å². The molecule has 0 saturated carbocycles. The minimum Gasteiger partial charge on any atom is -0.492 e. The van der Waals surface area contributed by atoms with Gasteiger partial charge < -0.3 is 14.8 Å². The molecule has 28 heavy (non-hydrogen) atoms. The molecule has 6 nitrogen and oxygen atoms in total. The lowest BCUT2D eigenvalue weighted by Gasteiger charge is -2.13. The van der Waals surface area contributed by atoms with E-state index in [2.05, 4.69) is 26.3 Å². The number of carbonyl (C=O) groups is 1. The van der Waals surface area contributed by atoms with Crippen molar-refractivity contribution in [2.24, 2.45) is 0 Å². The number of nitrogens with zero attached hydrogens (tertiary/aromatic N) is 2. The molecule has 0 unspecified atom stereocenters. The van der Waals surface area contributed by atoms with Gasteiger partial charge in [-0.05, 0) is 61.0 Å². The van der Waals surface area contributed by atoms with E-state index in [1.165, 1.54) is 0 Å². The predicted octanol–water partition coefficient (Wildman–Crippen LogP) is 4.91. The number of para-hydroxylation sites is 1. The Balaban J connectivity index is 1.93. The van der Waals surface area contributed by atoms with Crippen LogP contribution < -0.4 is 14.8 Å². The molecule has 0 aliphatic rings. The van der Waals surface area contributed by atoms with Gasteiger partial charge in [0.25, 0.3) is 5.91 Å². The third kappa shape index (κ3) is 3.89. The molecule has 3 rings (SSSR count). The number of aromatic nitrogens is 2. The first-order valence-electron chi connectivity index (χ1n) is 8.89. The number of methoxy groups -OCH3 is 1. The van der Waals surface area contributed by atoms with Crippen molar-refractivity contribution in [2.45, 2.75) is 20.8 Å². The molecule has 1 amide bonds. The molecule has 1 N–H and O–H groups in total. The highest BCUT2D eigenvalue weighted by Crippen LogP contribution is 2.37. The van der Waals surface area contributed by atoms with E-state index in [-0.39, 0.29) is 5.91 Å². The van der Waals surface area contributed by atoms with E-state index in [1.807, 2.05) is 55.8 Å². The fourth-order valence-corrected chi connectivity index (χ4v) is 3.59. The van der Waals surface area contributed by atoms with Crippen LogP contribution in [0.4, 0.5) is 5.69 Å². The van der Waals surface area contributed by atoms with Gasteiger partial charge in [0.15, 0.2) is 11.5 Å². The second-order valence-electron chi connectivity index (χ2n) is 6.17. The summed E-state index contributed by atoms with van der Waals surface area (Å²) in [6.45, 7) is 6.15. The molecular formula is C21H22BrN3O3. The number of benzene rings is 2. The van der Waals surface area contributed by atoms with Crippen molar-refractivity contribution >= 4 is 27.5 Å². The first kappa shape index (κ1) is 19.9. The number of carbonyl (C=O) groups excluding carboxylic acids is 1. The van der Waals surface area contributed by atoms with Crippen molar-refractivity contribution < 1.29 is 14.3 Å². The topological polar surface area (TPSA) is 65.4 Å². The van der Waals surface area contributed by atoms with Crippen molar-refractivity contribution in [3.63, 3.8) is 0 Å². The second-order valence-corrected chi connectivity index (χ2v) is 7.02. The molecule has 0 fully saturated rings. The molecule has 0 bridgehead atoms. The number of ether oxygens (including phenoxy) is 2. The summed E-state index contributed by atoms with van der Waals surface area (Å²) in [6, 6.07) is 13.2. The zero-order valence-electron chi connectivity index (χ0n) is 16.2. The number of hydrogen-bond donors (Lipinski definition) is 1. The van der Waals surface area contributed by atoms with Gasteiger partial charge in [0.2, 0.25) is 0 Å². The standard InChI is InChI=1S/C21H22BrN3O3/c1-5-28-18-12-15(11-17(22)20(18)27-4)21(26)23-19-13(2)24-25(14(19)3)16-9-7-6-8-10-16/h6-12H,5H2,1-4H3,(H,23,26). The number of hydrogen-bond acceptors (Lipinski definition) is 4. The van der Waals surface area contributed by atoms with Gasteiger partial charge in [0.05, 0.1) is 41.0 Å². The van der Waals surface area contributed by atoms with E-state index in [4.69, 9.17) is 9.47 Å². The molecule has 0 spiro atoms. The van der Waals surface area contributed by atoms with E-state index >= 15 is 0 Å². The lowest BCUT2D eigenvalue weighted by atomic mass is 10.1. The highest BCUT2D eigenvalue weighted by molar-refractivity contribution is 9.10. The maximum atomic E-state index is 12.9. The molecule has 0 radical (unpaired) electrons. The minimum atomic E-state index is -0.247. The van der Waals surface area contributed by atoms with Crippen LogP contribution in [-0.2, 0) is 0 Å². The molecule has 2 aromatic carbocycles. The van der Waals surface area contributed by atoms with E-state index in [0.29, 0.717) is 33.8 Å². The van der Waals surface area contributed by atoms with Crippen molar-refractivity contribution in [3.8, 4) is 17.2 Å². The maximum absolute atomic E-state index is 12.9. The fourth-order valence-electron chi connectivity index (χ4n) is 2.99. The summed E-state index contributed by atoms with van der Waals surface area (Å²) in [5, 5.41) is 7.55. The van der Waals surface area contributed by atoms with Crippen LogP contribution in [-0.4, -0.2) is 29.4 Å². The van der Waals surface area contributed by atoms with Crippen LogP contribution in [0.2, 0.25) is 0 Å². The van der Waals surface area contributed by atoms with Gasteiger partial charge in [-0.3, -0.25) is 4.79 Å². The Morgan fingerprint density at radius 3 is 2.57 bits per heavy atom. The number of halogens is 1. The summed E-state index contributed by atoms with van der Waals surface area (Å²) < 4.78 is 13.4. The third-order valence-corrected chi connectivity index (χ3v) is 4.90. The van der Waals surface area contributed by atoms with Crippen molar-refractivity contribution in [3.05, 3.63) is 63.9 Å². The maximum Gasteiger partial charge on any atom is 0.255 e. The van der Waals surface area contributed by atoms with Crippen molar-refractivity contribution in [1.29, 1.82) is 0 Å². The van der Waals surface area contributed by atoms with Gasteiger partial charge >= 0.3 is 0 Å². The Bertz CT molecular complexity index is 1000. The average molecular weight is 444 g/mol. The lowest BCUT2D eigenvalue weighted by Crippen LogP contribution is -2.14. The zero-order chi connectivity index (χ0) is 20.3. The molecule has 0 saturated heterocycles. The van der Waals surface area contributed by atoms with Crippen molar-refractivity contribution in [2.75, 3.05) is 19.0 Å². The largest absolute Gasteiger partial charge is 0.492 e. The Kier molecular flexibility index (Phi) is 6.04. The highest BCUT2D eigenvalue weighted by atomic mass is 79.9. The minimum absolute atomic E-state index is 0.247. The first-order chi connectivity index (χ1) is 13.5. The Morgan fingerprint density at radius 1 is 1.21 bits per heavy atom. The monoisotopic (exact) mass is 443 g/mol. The predicted molar refractivity (Wildman–Crippen MR) is 113 cm³/mol. The Labute approximate surface area is 172 Å². The molecule has 1 aromatic heterocycles. The van der Waals surface area contributed by atoms with E-state index in [0.717, 1.165) is 17.1 Å². The first-order valence-corrected chi connectivity index (χ1v) is 9.68. The van der Waals surface area contributed by atoms with Crippen LogP contribution in [0.25, 0.3) is 5.69 Å². The van der Waals surface area contributed by atoms with E-state index in [9.17, 15) is 4.79 Å². The zero-order valence-corrected chi connectivity index (χ0v) is 17.8. The van der Waals surface area contributed by atoms with Crippen LogP contribution >= 0.6 is 15.9 Å². The van der Waals surface area contributed by atoms with Gasteiger partial charge in [-0.1, -0.05) is 18.2 Å². The lowest BCUT2D eigenvalue weighted by molar-refractivity contribution is 0.102. The van der Waals surface area contributed by atoms with Gasteiger partial charge in [-0.25, -0.2) is 4.68 Å². The fraction of sp³-hybridized carbons (Fsp3) is 0.238. The number of anilines is 1. The van der Waals surface area contributed by atoms with Crippen molar-refractivity contribution in [1.82, 2.24) is 9.78 Å². The normalized spacial score (nSPS) is 10.6. The van der Waals surface area contributed by atoms with Crippen LogP contribution in [0.3, 0.4) is 0 Å². The molecule has 0 aliphatic heterocycles. The number of nitrogens with one attached hydrogen (secondary N) is 1. The average Bonchev–Trinajstić information content (AvgIpc) is 2.97. The van der Waals surface area contributed by atoms with E-state index < -0.39 is 0 Å². The molecule has 146 valence electrons. The van der Waals surface area contributed by atoms with Crippen LogP contribution in [0.1, 0.15) is 28.7 Å². The SMILES string of the molecule is CCOc1cc(C(=O)Nc2c(C)nn(-c3ccccc3)c2C)cc(Br)c1OC. The number of amides is 1. The quantitative estimate of drug-likeness (QED) is 0.587. The number of rotatable bonds is 6. The van der Waals surface area contributed by atoms with Gasteiger partial charge in [-0.15, -0.1) is 0 Å². The summed E-state index contributed by atoms with van der Waals surface area (Å²) >= 11 is 3.44. The van der Waals surface area contributed by atoms with Gasteiger partial charge in [0.1, 0.15) is 0 Å². The summed E-state index contributed by atoms with van der Waals surface area (Å²) in [6.07, 6.45) is 0. The van der Waals surface area contributed by atoms with Crippen LogP contribution in [0.15, 0.2) is 46.9 Å². The summed E-state index contributed by atoms with van der Waals surface area (Å²) in [5.41, 5.74) is 3.69. The molecule has 7 heteroatoms. The number of aryl methyl sites for hydroxylation is 1. The highest BCUT2D eigenvalue weighted by Gasteiger charge is 2.19. The van der Waals surface area contributed by atoms with Crippen LogP contribution in [0.5, 0.6) is 11.5 Å². The Morgan fingerprint density at radius 2 is 1.93 bits per heavy atom. The summed E-state index contributed by atoms with van der Waals surface area (Å²) in [5.74, 6) is 0.823. The van der Waals surface area contributed by atoms with Gasteiger partial charge in [0, 0.05) is 5.56 Å². The molecule has 3 aromatic rings. The summed E-state index contributed by atoms with van der Waals surface area (Å²) in [7, 11) is 1.56. The smallest absolute Gasteiger partial charge is 0.255 e. The molecule has 1 heterocycles. The summed E-state index contributed by atoms with van der Waals surface area (Å²) in [4.78, 5) is 12.9. The molecule has 0 atom stereocenters. The second kappa shape index (κ2) is 8.48. The molecule has 0 aliphatic carbocycles. The Hall–Kier alpha value is -2.80. The van der Waals surface area contributed by atoms with Crippen LogP contribution in [0, 0.1) is 13.8 Å². The van der Waals surface area contributed by atoms with E-state index in [1.54, 1.807) is 19.2 Å².